The second kappa shape index (κ2) is 6.75. The highest BCUT2D eigenvalue weighted by molar-refractivity contribution is 9.10. The van der Waals surface area contributed by atoms with Crippen molar-refractivity contribution in [1.82, 2.24) is 9.29 Å². The molecule has 0 atom stereocenters. The summed E-state index contributed by atoms with van der Waals surface area (Å²) in [6.07, 6.45) is 0. The number of rotatable bonds is 5. The van der Waals surface area contributed by atoms with Crippen LogP contribution in [0.1, 0.15) is 16.3 Å². The van der Waals surface area contributed by atoms with E-state index >= 15 is 0 Å². The van der Waals surface area contributed by atoms with Gasteiger partial charge in [-0.2, -0.15) is 4.31 Å². The summed E-state index contributed by atoms with van der Waals surface area (Å²) in [7, 11) is -2.03. The van der Waals surface area contributed by atoms with E-state index in [0.29, 0.717) is 10.4 Å². The number of halogens is 2. The molecule has 0 aliphatic heterocycles. The van der Waals surface area contributed by atoms with Gasteiger partial charge in [0.25, 0.3) is 0 Å². The molecule has 1 aromatic heterocycles. The van der Waals surface area contributed by atoms with Crippen LogP contribution >= 0.6 is 38.9 Å². The normalized spacial score (nSPS) is 12.0. The van der Waals surface area contributed by atoms with Crippen LogP contribution in [0.25, 0.3) is 0 Å². The Balaban J connectivity index is 2.28. The van der Waals surface area contributed by atoms with Crippen molar-refractivity contribution in [3.63, 3.8) is 0 Å². The zero-order valence-electron chi connectivity index (χ0n) is 11.5. The third kappa shape index (κ3) is 3.84. The average molecular weight is 410 g/mol. The molecule has 0 radical (unpaired) electrons. The first kappa shape index (κ1) is 16.9. The molecule has 2 aromatic rings. The van der Waals surface area contributed by atoms with Gasteiger partial charge in [0.15, 0.2) is 0 Å². The van der Waals surface area contributed by atoms with Crippen LogP contribution in [0.15, 0.2) is 32.9 Å². The van der Waals surface area contributed by atoms with E-state index in [4.69, 9.17) is 11.6 Å². The number of benzene rings is 1. The first-order chi connectivity index (χ1) is 9.84. The molecule has 0 bridgehead atoms. The van der Waals surface area contributed by atoms with Crippen molar-refractivity contribution in [3.8, 4) is 0 Å². The number of alkyl halides is 1. The molecule has 0 spiro atoms. The third-order valence-electron chi connectivity index (χ3n) is 2.89. The van der Waals surface area contributed by atoms with E-state index in [1.54, 1.807) is 25.2 Å². The molecular formula is C13H14BrClN2O2S2. The van der Waals surface area contributed by atoms with E-state index in [1.165, 1.54) is 15.6 Å². The molecule has 8 heteroatoms. The number of hydrogen-bond acceptors (Lipinski definition) is 4. The van der Waals surface area contributed by atoms with E-state index in [2.05, 4.69) is 20.9 Å². The van der Waals surface area contributed by atoms with Crippen molar-refractivity contribution in [2.24, 2.45) is 0 Å². The largest absolute Gasteiger partial charge is 0.245 e. The first-order valence-corrected chi connectivity index (χ1v) is 9.71. The minimum atomic E-state index is -3.58. The van der Waals surface area contributed by atoms with Crippen molar-refractivity contribution in [2.45, 2.75) is 24.2 Å². The highest BCUT2D eigenvalue weighted by Crippen LogP contribution is 2.27. The van der Waals surface area contributed by atoms with Gasteiger partial charge in [-0.25, -0.2) is 13.4 Å². The highest BCUT2D eigenvalue weighted by atomic mass is 79.9. The quantitative estimate of drug-likeness (QED) is 0.706. The summed E-state index contributed by atoms with van der Waals surface area (Å²) in [6, 6.07) is 5.01. The second-order valence-corrected chi connectivity index (χ2v) is 8.71. The number of aryl methyl sites for hydroxylation is 1. The first-order valence-electron chi connectivity index (χ1n) is 6.06. The molecule has 4 nitrogen and oxygen atoms in total. The highest BCUT2D eigenvalue weighted by Gasteiger charge is 2.24. The van der Waals surface area contributed by atoms with Crippen LogP contribution in [-0.4, -0.2) is 24.8 Å². The molecule has 21 heavy (non-hydrogen) atoms. The molecule has 0 saturated heterocycles. The van der Waals surface area contributed by atoms with E-state index in [9.17, 15) is 8.42 Å². The Morgan fingerprint density at radius 2 is 2.14 bits per heavy atom. The molecule has 0 amide bonds. The second-order valence-electron chi connectivity index (χ2n) is 4.52. The molecule has 0 saturated carbocycles. The fraction of sp³-hybridized carbons (Fsp3) is 0.308. The molecule has 114 valence electrons. The van der Waals surface area contributed by atoms with E-state index in [1.807, 2.05) is 12.3 Å². The third-order valence-corrected chi connectivity index (χ3v) is 6.80. The SMILES string of the molecule is Cc1nc(CN(C)S(=O)(=O)c2ccc(CCl)cc2Br)cs1. The fourth-order valence-electron chi connectivity index (χ4n) is 1.80. The lowest BCUT2D eigenvalue weighted by Crippen LogP contribution is -2.27. The van der Waals surface area contributed by atoms with Crippen LogP contribution < -0.4 is 0 Å². The molecule has 0 fully saturated rings. The summed E-state index contributed by atoms with van der Waals surface area (Å²) in [4.78, 5) is 4.52. The minimum Gasteiger partial charge on any atom is -0.245 e. The number of thiazole rings is 1. The number of hydrogen-bond donors (Lipinski definition) is 0. The standard InChI is InChI=1S/C13H14BrClN2O2S2/c1-9-16-11(8-20-9)7-17(2)21(18,19)13-4-3-10(6-15)5-12(13)14/h3-5,8H,6-7H2,1-2H3. The predicted molar refractivity (Wildman–Crippen MR) is 89.2 cm³/mol. The maximum atomic E-state index is 12.6. The van der Waals surface area contributed by atoms with Crippen LogP contribution in [0.4, 0.5) is 0 Å². The van der Waals surface area contributed by atoms with Gasteiger partial charge >= 0.3 is 0 Å². The summed E-state index contributed by atoms with van der Waals surface area (Å²) in [6.45, 7) is 2.14. The monoisotopic (exact) mass is 408 g/mol. The smallest absolute Gasteiger partial charge is 0.244 e. The van der Waals surface area contributed by atoms with Gasteiger partial charge in [0.2, 0.25) is 10.0 Å². The molecule has 0 N–H and O–H groups in total. The van der Waals surface area contributed by atoms with Crippen LogP contribution in [0, 0.1) is 6.92 Å². The molecule has 1 heterocycles. The zero-order valence-corrected chi connectivity index (χ0v) is 15.5. The number of aromatic nitrogens is 1. The summed E-state index contributed by atoms with van der Waals surface area (Å²) >= 11 is 10.6. The molecule has 2 rings (SSSR count). The van der Waals surface area contributed by atoms with Gasteiger partial charge in [0, 0.05) is 22.8 Å². The Kier molecular flexibility index (Phi) is 5.43. The van der Waals surface area contributed by atoms with Crippen molar-refractivity contribution in [1.29, 1.82) is 0 Å². The topological polar surface area (TPSA) is 50.3 Å². The lowest BCUT2D eigenvalue weighted by atomic mass is 10.2. The van der Waals surface area contributed by atoms with E-state index in [0.717, 1.165) is 16.3 Å². The van der Waals surface area contributed by atoms with Crippen LogP contribution in [0.3, 0.4) is 0 Å². The summed E-state index contributed by atoms with van der Waals surface area (Å²) in [5, 5.41) is 2.79. The van der Waals surface area contributed by atoms with Gasteiger partial charge in [-0.3, -0.25) is 0 Å². The Morgan fingerprint density at radius 3 is 2.67 bits per heavy atom. The van der Waals surface area contributed by atoms with Gasteiger partial charge in [0.05, 0.1) is 22.1 Å². The Morgan fingerprint density at radius 1 is 1.43 bits per heavy atom. The molecule has 1 aromatic carbocycles. The summed E-state index contributed by atoms with van der Waals surface area (Å²) in [5.74, 6) is 0.340. The van der Waals surface area contributed by atoms with Gasteiger partial charge < -0.3 is 0 Å². The van der Waals surface area contributed by atoms with E-state index < -0.39 is 10.0 Å². The molecule has 0 aliphatic rings. The fourth-order valence-corrected chi connectivity index (χ4v) is 4.79. The Hall–Kier alpha value is -0.470. The van der Waals surface area contributed by atoms with Crippen molar-refractivity contribution in [2.75, 3.05) is 7.05 Å². The Labute approximate surface area is 141 Å². The van der Waals surface area contributed by atoms with Crippen molar-refractivity contribution >= 4 is 48.9 Å². The Bertz CT molecular complexity index is 746. The molecular weight excluding hydrogens is 396 g/mol. The zero-order chi connectivity index (χ0) is 15.6. The van der Waals surface area contributed by atoms with Crippen LogP contribution in [-0.2, 0) is 22.4 Å². The van der Waals surface area contributed by atoms with Crippen molar-refractivity contribution < 1.29 is 8.42 Å². The molecule has 0 aliphatic carbocycles. The van der Waals surface area contributed by atoms with Gasteiger partial charge in [-0.1, -0.05) is 6.07 Å². The number of nitrogens with zero attached hydrogens (tertiary/aromatic N) is 2. The van der Waals surface area contributed by atoms with Crippen molar-refractivity contribution in [3.05, 3.63) is 44.3 Å². The minimum absolute atomic E-state index is 0.228. The maximum Gasteiger partial charge on any atom is 0.244 e. The molecule has 0 unspecified atom stereocenters. The van der Waals surface area contributed by atoms with Gasteiger partial charge in [0.1, 0.15) is 0 Å². The summed E-state index contributed by atoms with van der Waals surface area (Å²) in [5.41, 5.74) is 1.61. The van der Waals surface area contributed by atoms with Gasteiger partial charge in [-0.15, -0.1) is 22.9 Å². The maximum absolute atomic E-state index is 12.6. The predicted octanol–water partition coefficient (Wildman–Crippen LogP) is 3.77. The number of sulfonamides is 1. The summed E-state index contributed by atoms with van der Waals surface area (Å²) < 4.78 is 27.0. The lowest BCUT2D eigenvalue weighted by molar-refractivity contribution is 0.462. The lowest BCUT2D eigenvalue weighted by Gasteiger charge is -2.17. The van der Waals surface area contributed by atoms with Gasteiger partial charge in [-0.05, 0) is 40.5 Å². The van der Waals surface area contributed by atoms with Crippen LogP contribution in [0.2, 0.25) is 0 Å². The average Bonchev–Trinajstić information content (AvgIpc) is 2.83. The van der Waals surface area contributed by atoms with E-state index in [-0.39, 0.29) is 11.4 Å². The van der Waals surface area contributed by atoms with Crippen LogP contribution in [0.5, 0.6) is 0 Å².